The summed E-state index contributed by atoms with van der Waals surface area (Å²) in [4.78, 5) is 4.13. The number of terminal acetylenes is 1. The average molecular weight is 206 g/mol. The Labute approximate surface area is 89.5 Å². The molecular weight excluding hydrogens is 194 g/mol. The van der Waals surface area contributed by atoms with Crippen molar-refractivity contribution < 1.29 is 0 Å². The summed E-state index contributed by atoms with van der Waals surface area (Å²) < 4.78 is 0. The molecule has 0 fully saturated rings. The van der Waals surface area contributed by atoms with Crippen LogP contribution in [-0.2, 0) is 12.8 Å². The monoisotopic (exact) mass is 205 g/mol. The molecule has 0 amide bonds. The van der Waals surface area contributed by atoms with Gasteiger partial charge in [-0.1, -0.05) is 23.9 Å². The first kappa shape index (κ1) is 9.55. The zero-order valence-corrected chi connectivity index (χ0v) is 8.77. The van der Waals surface area contributed by atoms with E-state index in [1.807, 2.05) is 6.20 Å². The van der Waals surface area contributed by atoms with Crippen molar-refractivity contribution in [1.29, 1.82) is 0 Å². The standard InChI is InChI=1S/C12H12ClN/c1-2-10-11-7-5-3-4-6-9(11)8-14-12(10)13/h1,8H,3-7H2. The van der Waals surface area contributed by atoms with E-state index in [1.165, 1.54) is 30.4 Å². The Morgan fingerprint density at radius 2 is 2.07 bits per heavy atom. The Balaban J connectivity index is 2.55. The first-order chi connectivity index (χ1) is 6.83. The van der Waals surface area contributed by atoms with Crippen LogP contribution in [0.5, 0.6) is 0 Å². The maximum Gasteiger partial charge on any atom is 0.144 e. The molecule has 1 heterocycles. The number of nitrogens with zero attached hydrogens (tertiary/aromatic N) is 1. The lowest BCUT2D eigenvalue weighted by atomic mass is 10.0. The highest BCUT2D eigenvalue weighted by molar-refractivity contribution is 6.30. The van der Waals surface area contributed by atoms with Crippen LogP contribution in [-0.4, -0.2) is 4.98 Å². The Hall–Kier alpha value is -1.00. The van der Waals surface area contributed by atoms with Gasteiger partial charge >= 0.3 is 0 Å². The Morgan fingerprint density at radius 1 is 1.29 bits per heavy atom. The molecule has 0 bridgehead atoms. The van der Waals surface area contributed by atoms with Crippen molar-refractivity contribution in [1.82, 2.24) is 4.98 Å². The minimum atomic E-state index is 0.480. The molecular formula is C12H12ClN. The number of pyridine rings is 1. The second-order valence-electron chi connectivity index (χ2n) is 3.63. The van der Waals surface area contributed by atoms with Gasteiger partial charge in [0.1, 0.15) is 5.15 Å². The van der Waals surface area contributed by atoms with Gasteiger partial charge < -0.3 is 0 Å². The van der Waals surface area contributed by atoms with Gasteiger partial charge in [-0.05, 0) is 36.8 Å². The maximum atomic E-state index is 5.96. The number of aromatic nitrogens is 1. The van der Waals surface area contributed by atoms with Gasteiger partial charge in [0.25, 0.3) is 0 Å². The lowest BCUT2D eigenvalue weighted by molar-refractivity contribution is 0.711. The van der Waals surface area contributed by atoms with Crippen molar-refractivity contribution in [2.45, 2.75) is 32.1 Å². The summed E-state index contributed by atoms with van der Waals surface area (Å²) >= 11 is 5.96. The largest absolute Gasteiger partial charge is 0.243 e. The second-order valence-corrected chi connectivity index (χ2v) is 3.99. The Morgan fingerprint density at radius 3 is 2.86 bits per heavy atom. The van der Waals surface area contributed by atoms with Gasteiger partial charge in [-0.2, -0.15) is 0 Å². The van der Waals surface area contributed by atoms with Crippen LogP contribution in [0.2, 0.25) is 5.15 Å². The fourth-order valence-electron chi connectivity index (χ4n) is 2.00. The van der Waals surface area contributed by atoms with Crippen LogP contribution in [0.4, 0.5) is 0 Å². The van der Waals surface area contributed by atoms with E-state index in [9.17, 15) is 0 Å². The number of halogens is 1. The van der Waals surface area contributed by atoms with Crippen molar-refractivity contribution in [2.24, 2.45) is 0 Å². The van der Waals surface area contributed by atoms with Crippen LogP contribution < -0.4 is 0 Å². The second kappa shape index (κ2) is 4.02. The van der Waals surface area contributed by atoms with Gasteiger partial charge in [-0.15, -0.1) is 6.42 Å². The highest BCUT2D eigenvalue weighted by atomic mass is 35.5. The van der Waals surface area contributed by atoms with Crippen LogP contribution in [0.25, 0.3) is 0 Å². The summed E-state index contributed by atoms with van der Waals surface area (Å²) in [6.45, 7) is 0. The third kappa shape index (κ3) is 1.63. The van der Waals surface area contributed by atoms with Crippen molar-refractivity contribution in [3.63, 3.8) is 0 Å². The molecule has 1 aliphatic carbocycles. The molecule has 2 heteroatoms. The van der Waals surface area contributed by atoms with E-state index in [0.717, 1.165) is 18.4 Å². The number of aryl methyl sites for hydroxylation is 1. The highest BCUT2D eigenvalue weighted by Crippen LogP contribution is 2.26. The third-order valence-electron chi connectivity index (χ3n) is 2.75. The molecule has 1 aromatic rings. The molecule has 14 heavy (non-hydrogen) atoms. The molecule has 1 aliphatic rings. The molecule has 1 aromatic heterocycles. The zero-order valence-electron chi connectivity index (χ0n) is 8.02. The first-order valence-corrected chi connectivity index (χ1v) is 5.33. The van der Waals surface area contributed by atoms with Crippen LogP contribution in [0.3, 0.4) is 0 Å². The van der Waals surface area contributed by atoms with Gasteiger partial charge in [0, 0.05) is 6.20 Å². The number of fused-ring (bicyclic) bond motifs is 1. The van der Waals surface area contributed by atoms with Gasteiger partial charge in [-0.3, -0.25) is 0 Å². The van der Waals surface area contributed by atoms with Crippen molar-refractivity contribution >= 4 is 11.6 Å². The third-order valence-corrected chi connectivity index (χ3v) is 3.03. The smallest absolute Gasteiger partial charge is 0.144 e. The molecule has 0 unspecified atom stereocenters. The van der Waals surface area contributed by atoms with Gasteiger partial charge in [0.2, 0.25) is 0 Å². The minimum absolute atomic E-state index is 0.480. The van der Waals surface area contributed by atoms with E-state index in [4.69, 9.17) is 18.0 Å². The minimum Gasteiger partial charge on any atom is -0.243 e. The summed E-state index contributed by atoms with van der Waals surface area (Å²) in [6.07, 6.45) is 13.2. The summed E-state index contributed by atoms with van der Waals surface area (Å²) in [5.74, 6) is 2.66. The van der Waals surface area contributed by atoms with E-state index in [0.29, 0.717) is 5.15 Å². The molecule has 0 aliphatic heterocycles. The Bertz CT molecular complexity index is 390. The number of hydrogen-bond acceptors (Lipinski definition) is 1. The maximum absolute atomic E-state index is 5.96. The molecule has 0 radical (unpaired) electrons. The van der Waals surface area contributed by atoms with Gasteiger partial charge in [0.15, 0.2) is 0 Å². The fraction of sp³-hybridized carbons (Fsp3) is 0.417. The Kier molecular flexibility index (Phi) is 2.74. The molecule has 0 saturated heterocycles. The summed E-state index contributed by atoms with van der Waals surface area (Å²) in [6, 6.07) is 0. The highest BCUT2D eigenvalue weighted by Gasteiger charge is 2.14. The molecule has 0 atom stereocenters. The van der Waals surface area contributed by atoms with E-state index < -0.39 is 0 Å². The molecule has 0 N–H and O–H groups in total. The number of rotatable bonds is 0. The molecule has 72 valence electrons. The van der Waals surface area contributed by atoms with Crippen LogP contribution in [0.15, 0.2) is 6.20 Å². The van der Waals surface area contributed by atoms with E-state index in [2.05, 4.69) is 10.9 Å². The molecule has 2 rings (SSSR count). The lowest BCUT2D eigenvalue weighted by Crippen LogP contribution is -1.98. The van der Waals surface area contributed by atoms with Gasteiger partial charge in [0.05, 0.1) is 5.56 Å². The topological polar surface area (TPSA) is 12.9 Å². The molecule has 0 aromatic carbocycles. The van der Waals surface area contributed by atoms with Gasteiger partial charge in [-0.25, -0.2) is 4.98 Å². The van der Waals surface area contributed by atoms with E-state index in [1.54, 1.807) is 0 Å². The summed E-state index contributed by atoms with van der Waals surface area (Å²) in [5.41, 5.74) is 3.36. The molecule has 0 saturated carbocycles. The van der Waals surface area contributed by atoms with E-state index in [-0.39, 0.29) is 0 Å². The van der Waals surface area contributed by atoms with Crippen LogP contribution in [0.1, 0.15) is 36.0 Å². The lowest BCUT2D eigenvalue weighted by Gasteiger charge is -2.08. The van der Waals surface area contributed by atoms with E-state index >= 15 is 0 Å². The first-order valence-electron chi connectivity index (χ1n) is 4.96. The van der Waals surface area contributed by atoms with Crippen molar-refractivity contribution in [3.05, 3.63) is 28.0 Å². The molecule has 0 spiro atoms. The number of hydrogen-bond donors (Lipinski definition) is 0. The van der Waals surface area contributed by atoms with Crippen LogP contribution in [0, 0.1) is 12.3 Å². The SMILES string of the molecule is C#Cc1c(Cl)ncc2c1CCCCC2. The summed E-state index contributed by atoms with van der Waals surface area (Å²) in [7, 11) is 0. The predicted molar refractivity (Wildman–Crippen MR) is 58.4 cm³/mol. The quantitative estimate of drug-likeness (QED) is 0.361. The van der Waals surface area contributed by atoms with Crippen molar-refractivity contribution in [3.8, 4) is 12.3 Å². The zero-order chi connectivity index (χ0) is 9.97. The average Bonchev–Trinajstić information content (AvgIpc) is 2.42. The summed E-state index contributed by atoms with van der Waals surface area (Å²) in [5, 5.41) is 0.480. The fourth-order valence-corrected chi connectivity index (χ4v) is 2.22. The van der Waals surface area contributed by atoms with Crippen molar-refractivity contribution in [2.75, 3.05) is 0 Å². The molecule has 1 nitrogen and oxygen atoms in total. The predicted octanol–water partition coefficient (Wildman–Crippen LogP) is 2.99. The van der Waals surface area contributed by atoms with Crippen LogP contribution >= 0.6 is 11.6 Å². The normalized spacial score (nSPS) is 15.4.